The number of carboxylic acid groups (broad SMARTS) is 1. The molecule has 0 radical (unpaired) electrons. The molecule has 1 fully saturated rings. The van der Waals surface area contributed by atoms with E-state index in [9.17, 15) is 19.1 Å². The Hall–Kier alpha value is -3.20. The summed E-state index contributed by atoms with van der Waals surface area (Å²) < 4.78 is 21.0. The Balaban J connectivity index is 2.00. The van der Waals surface area contributed by atoms with Crippen molar-refractivity contribution in [1.29, 1.82) is 0 Å². The quantitative estimate of drug-likeness (QED) is 0.717. The van der Waals surface area contributed by atoms with Crippen LogP contribution in [-0.2, 0) is 0 Å². The molecule has 2 aromatic heterocycles. The summed E-state index contributed by atoms with van der Waals surface area (Å²) >= 11 is 0. The van der Waals surface area contributed by atoms with Crippen molar-refractivity contribution in [2.75, 3.05) is 18.0 Å². The molecule has 2 atom stereocenters. The number of nitrogens with zero attached hydrogens (tertiary/aromatic N) is 3. The van der Waals surface area contributed by atoms with Crippen molar-refractivity contribution in [3.63, 3.8) is 0 Å². The molecule has 0 amide bonds. The van der Waals surface area contributed by atoms with Crippen LogP contribution in [0.1, 0.15) is 17.3 Å². The maximum atomic E-state index is 14.8. The first kappa shape index (κ1) is 17.2. The van der Waals surface area contributed by atoms with E-state index < -0.39 is 22.8 Å². The molecule has 1 aromatic carbocycles. The zero-order chi connectivity index (χ0) is 19.3. The van der Waals surface area contributed by atoms with Gasteiger partial charge in [0.25, 0.3) is 0 Å². The lowest BCUT2D eigenvalue weighted by atomic mass is 10.1. The molecule has 9 heteroatoms. The van der Waals surface area contributed by atoms with Crippen molar-refractivity contribution in [3.05, 3.63) is 52.3 Å². The molecule has 8 nitrogen and oxygen atoms in total. The van der Waals surface area contributed by atoms with Crippen molar-refractivity contribution in [2.45, 2.75) is 13.0 Å². The fraction of sp³-hybridized carbons (Fsp3) is 0.278. The number of halogens is 1. The average Bonchev–Trinajstić information content (AvgIpc) is 3.25. The van der Waals surface area contributed by atoms with E-state index in [1.807, 2.05) is 11.8 Å². The number of hydrogen-bond acceptors (Lipinski definition) is 6. The third-order valence-corrected chi connectivity index (χ3v) is 4.98. The van der Waals surface area contributed by atoms with Gasteiger partial charge in [-0.25, -0.2) is 9.18 Å². The molecule has 0 spiro atoms. The molecule has 0 bridgehead atoms. The fourth-order valence-corrected chi connectivity index (χ4v) is 3.44. The van der Waals surface area contributed by atoms with Gasteiger partial charge in [0, 0.05) is 31.4 Å². The minimum atomic E-state index is -1.40. The highest BCUT2D eigenvalue weighted by atomic mass is 19.1. The number of nitrogens with two attached hydrogens (primary N) is 1. The summed E-state index contributed by atoms with van der Waals surface area (Å²) in [6, 6.07) is 4.04. The number of carboxylic acids is 1. The molecule has 3 heterocycles. The van der Waals surface area contributed by atoms with Crippen molar-refractivity contribution >= 4 is 22.6 Å². The van der Waals surface area contributed by atoms with Gasteiger partial charge < -0.3 is 20.3 Å². The zero-order valence-electron chi connectivity index (χ0n) is 14.4. The van der Waals surface area contributed by atoms with Crippen molar-refractivity contribution in [2.24, 2.45) is 11.7 Å². The van der Waals surface area contributed by atoms with Gasteiger partial charge in [0.2, 0.25) is 5.43 Å². The van der Waals surface area contributed by atoms with Crippen LogP contribution in [0.5, 0.6) is 0 Å². The van der Waals surface area contributed by atoms with E-state index in [1.165, 1.54) is 29.2 Å². The molecular weight excluding hydrogens is 355 g/mol. The maximum Gasteiger partial charge on any atom is 0.341 e. The van der Waals surface area contributed by atoms with E-state index in [-0.39, 0.29) is 23.2 Å². The largest absolute Gasteiger partial charge is 0.477 e. The van der Waals surface area contributed by atoms with Crippen molar-refractivity contribution in [3.8, 4) is 5.82 Å². The van der Waals surface area contributed by atoms with Gasteiger partial charge >= 0.3 is 5.97 Å². The highest BCUT2D eigenvalue weighted by Crippen LogP contribution is 2.30. The zero-order valence-corrected chi connectivity index (χ0v) is 14.4. The summed E-state index contributed by atoms with van der Waals surface area (Å²) in [5.41, 5.74) is 5.46. The number of carbonyl (C=O) groups is 1. The third-order valence-electron chi connectivity index (χ3n) is 4.98. The Bertz CT molecular complexity index is 1080. The van der Waals surface area contributed by atoms with E-state index in [4.69, 9.17) is 10.3 Å². The second kappa shape index (κ2) is 6.20. The Morgan fingerprint density at radius 1 is 1.41 bits per heavy atom. The third kappa shape index (κ3) is 2.76. The Morgan fingerprint density at radius 3 is 2.78 bits per heavy atom. The standard InChI is InChI=1S/C18H17FN4O4/c1-9-6-22(8-13(9)20)15-5-14-10(4-12(15)19)17(24)11(18(25)26)7-23(14)16-2-3-27-21-16/h2-5,7,9,13H,6,8,20H2,1H3,(H,25,26)/t9-,13+/m0/s1. The lowest BCUT2D eigenvalue weighted by Crippen LogP contribution is -2.28. The Morgan fingerprint density at radius 2 is 2.19 bits per heavy atom. The van der Waals surface area contributed by atoms with Crippen LogP contribution in [0.3, 0.4) is 0 Å². The Labute approximate surface area is 152 Å². The normalized spacial score (nSPS) is 19.7. The number of benzene rings is 1. The van der Waals surface area contributed by atoms with Gasteiger partial charge in [-0.1, -0.05) is 12.1 Å². The SMILES string of the molecule is C[C@H]1CN(c2cc3c(cc2F)c(=O)c(C(=O)O)cn3-c2ccon2)C[C@H]1N. The number of aromatic nitrogens is 2. The lowest BCUT2D eigenvalue weighted by Gasteiger charge is -2.20. The summed E-state index contributed by atoms with van der Waals surface area (Å²) in [6.45, 7) is 3.07. The molecular formula is C18H17FN4O4. The summed E-state index contributed by atoms with van der Waals surface area (Å²) in [6.07, 6.45) is 2.50. The van der Waals surface area contributed by atoms with E-state index in [2.05, 4.69) is 5.16 Å². The average molecular weight is 372 g/mol. The van der Waals surface area contributed by atoms with Crippen LogP contribution < -0.4 is 16.1 Å². The fourth-order valence-electron chi connectivity index (χ4n) is 3.44. The molecule has 3 aromatic rings. The molecule has 1 aliphatic heterocycles. The van der Waals surface area contributed by atoms with Gasteiger partial charge in [0.1, 0.15) is 17.6 Å². The topological polar surface area (TPSA) is 115 Å². The molecule has 0 unspecified atom stereocenters. The van der Waals surface area contributed by atoms with E-state index in [0.717, 1.165) is 6.07 Å². The monoisotopic (exact) mass is 372 g/mol. The second-order valence-electron chi connectivity index (χ2n) is 6.77. The summed E-state index contributed by atoms with van der Waals surface area (Å²) in [5.74, 6) is -1.52. The number of fused-ring (bicyclic) bond motifs is 1. The first-order chi connectivity index (χ1) is 12.9. The van der Waals surface area contributed by atoms with Gasteiger partial charge in [0.05, 0.1) is 16.6 Å². The van der Waals surface area contributed by atoms with Crippen LogP contribution in [0.25, 0.3) is 16.7 Å². The summed E-state index contributed by atoms with van der Waals surface area (Å²) in [4.78, 5) is 25.8. The minimum absolute atomic E-state index is 0.0457. The van der Waals surface area contributed by atoms with Gasteiger partial charge in [-0.15, -0.1) is 0 Å². The molecule has 3 N–H and O–H groups in total. The number of hydrogen-bond donors (Lipinski definition) is 2. The van der Waals surface area contributed by atoms with Crippen LogP contribution >= 0.6 is 0 Å². The maximum absolute atomic E-state index is 14.8. The number of aromatic carboxylic acids is 1. The highest BCUT2D eigenvalue weighted by Gasteiger charge is 2.29. The predicted octanol–water partition coefficient (Wildman–Crippen LogP) is 1.60. The summed E-state index contributed by atoms with van der Waals surface area (Å²) in [7, 11) is 0. The van der Waals surface area contributed by atoms with Crippen LogP contribution in [0.4, 0.5) is 10.1 Å². The number of anilines is 1. The summed E-state index contributed by atoms with van der Waals surface area (Å²) in [5, 5.41) is 13.1. The highest BCUT2D eigenvalue weighted by molar-refractivity contribution is 5.94. The van der Waals surface area contributed by atoms with E-state index >= 15 is 0 Å². The smallest absolute Gasteiger partial charge is 0.341 e. The van der Waals surface area contributed by atoms with Gasteiger partial charge in [-0.05, 0) is 18.1 Å². The molecule has 27 heavy (non-hydrogen) atoms. The second-order valence-corrected chi connectivity index (χ2v) is 6.77. The molecule has 140 valence electrons. The van der Waals surface area contributed by atoms with Crippen LogP contribution in [0.15, 0.2) is 40.0 Å². The molecule has 1 aliphatic rings. The lowest BCUT2D eigenvalue weighted by molar-refractivity contribution is 0.0695. The first-order valence-electron chi connectivity index (χ1n) is 8.40. The Kier molecular flexibility index (Phi) is 3.96. The minimum Gasteiger partial charge on any atom is -0.477 e. The first-order valence-corrected chi connectivity index (χ1v) is 8.40. The molecule has 4 rings (SSSR count). The molecule has 0 aliphatic carbocycles. The van der Waals surface area contributed by atoms with E-state index in [1.54, 1.807) is 0 Å². The van der Waals surface area contributed by atoms with Crippen LogP contribution in [-0.4, -0.2) is 39.9 Å². The molecule has 1 saturated heterocycles. The van der Waals surface area contributed by atoms with Gasteiger partial charge in [0.15, 0.2) is 5.82 Å². The van der Waals surface area contributed by atoms with Gasteiger partial charge in [-0.2, -0.15) is 0 Å². The molecule has 0 saturated carbocycles. The number of rotatable bonds is 3. The van der Waals surface area contributed by atoms with Crippen molar-refractivity contribution in [1.82, 2.24) is 9.72 Å². The van der Waals surface area contributed by atoms with Crippen molar-refractivity contribution < 1.29 is 18.8 Å². The van der Waals surface area contributed by atoms with Crippen LogP contribution in [0.2, 0.25) is 0 Å². The van der Waals surface area contributed by atoms with E-state index in [0.29, 0.717) is 24.3 Å². The predicted molar refractivity (Wildman–Crippen MR) is 95.9 cm³/mol. The van der Waals surface area contributed by atoms with Gasteiger partial charge in [-0.3, -0.25) is 9.36 Å². The number of pyridine rings is 1. The van der Waals surface area contributed by atoms with Crippen LogP contribution in [0, 0.1) is 11.7 Å².